The van der Waals surface area contributed by atoms with Gasteiger partial charge in [0.2, 0.25) is 0 Å². The molecule has 0 aliphatic carbocycles. The number of aromatic nitrogens is 1. The van der Waals surface area contributed by atoms with E-state index in [1.165, 1.54) is 40.4 Å². The highest BCUT2D eigenvalue weighted by Gasteiger charge is 2.15. The Morgan fingerprint density at radius 3 is 2.72 bits per heavy atom. The van der Waals surface area contributed by atoms with Crippen molar-refractivity contribution in [1.82, 2.24) is 9.56 Å². The zero-order valence-corrected chi connectivity index (χ0v) is 12.5. The fourth-order valence-corrected chi connectivity index (χ4v) is 5.86. The molecule has 1 aliphatic heterocycles. The van der Waals surface area contributed by atoms with Gasteiger partial charge in [0.15, 0.2) is 0 Å². The van der Waals surface area contributed by atoms with Gasteiger partial charge < -0.3 is 0 Å². The normalized spacial score (nSPS) is 15.2. The zero-order valence-electron chi connectivity index (χ0n) is 10.0. The molecule has 1 fully saturated rings. The maximum absolute atomic E-state index is 4.05. The van der Waals surface area contributed by atoms with E-state index >= 15 is 0 Å². The Kier molecular flexibility index (Phi) is 4.13. The topological polar surface area (TPSA) is 15.9 Å². The average Bonchev–Trinajstić information content (AvgIpc) is 3.08. The molecule has 2 aromatic rings. The van der Waals surface area contributed by atoms with E-state index in [9.17, 15) is 0 Å². The first-order valence-corrected chi connectivity index (χ1v) is 9.25. The van der Waals surface area contributed by atoms with Crippen LogP contribution in [0, 0.1) is 0 Å². The van der Waals surface area contributed by atoms with Gasteiger partial charge in [0, 0.05) is 37.1 Å². The van der Waals surface area contributed by atoms with E-state index in [4.69, 9.17) is 0 Å². The van der Waals surface area contributed by atoms with Gasteiger partial charge in [0.05, 0.1) is 4.21 Å². The van der Waals surface area contributed by atoms with Crippen LogP contribution in [-0.4, -0.2) is 18.1 Å². The molecule has 0 saturated carbocycles. The lowest BCUT2D eigenvalue weighted by Gasteiger charge is -1.96. The largest absolute Gasteiger partial charge is 0.268 e. The van der Waals surface area contributed by atoms with Crippen molar-refractivity contribution >= 4 is 32.4 Å². The van der Waals surface area contributed by atoms with Crippen LogP contribution in [0.5, 0.6) is 0 Å². The first kappa shape index (κ1) is 12.4. The van der Waals surface area contributed by atoms with Crippen LogP contribution in [0.25, 0.3) is 0 Å². The molecule has 0 aromatic carbocycles. The van der Waals surface area contributed by atoms with Gasteiger partial charge in [0.1, 0.15) is 13.1 Å². The Hall–Kier alpha value is -0.650. The second kappa shape index (κ2) is 5.99. The van der Waals surface area contributed by atoms with Crippen molar-refractivity contribution in [3.63, 3.8) is 0 Å². The molecule has 0 bridgehead atoms. The molecular formula is C13H15N2S3+. The summed E-state index contributed by atoms with van der Waals surface area (Å²) in [6, 6.07) is 6.53. The predicted molar refractivity (Wildman–Crippen MR) is 80.2 cm³/mol. The molecule has 2 aromatic heterocycles. The fraction of sp³-hybridized carbons (Fsp3) is 0.385. The van der Waals surface area contributed by atoms with E-state index < -0.39 is 0 Å². The van der Waals surface area contributed by atoms with E-state index in [1.54, 1.807) is 0 Å². The minimum Gasteiger partial charge on any atom is -0.265 e. The van der Waals surface area contributed by atoms with Crippen molar-refractivity contribution in [2.45, 2.75) is 22.8 Å². The molecule has 0 atom stereocenters. The van der Waals surface area contributed by atoms with E-state index in [0.717, 1.165) is 5.75 Å². The molecule has 0 N–H and O–H groups in total. The minimum absolute atomic E-state index is 1.04. The van der Waals surface area contributed by atoms with Crippen molar-refractivity contribution in [2.75, 3.05) is 13.1 Å². The highest BCUT2D eigenvalue weighted by Crippen LogP contribution is 2.27. The summed E-state index contributed by atoms with van der Waals surface area (Å²) in [5.74, 6) is 1.04. The zero-order chi connectivity index (χ0) is 12.2. The molecule has 3 rings (SSSR count). The Labute approximate surface area is 118 Å². The van der Waals surface area contributed by atoms with Gasteiger partial charge >= 0.3 is 0 Å². The van der Waals surface area contributed by atoms with E-state index in [2.05, 4.69) is 27.8 Å². The van der Waals surface area contributed by atoms with Gasteiger partial charge in [-0.25, -0.2) is 4.58 Å². The average molecular weight is 295 g/mol. The number of thioether (sulfide) groups is 1. The van der Waals surface area contributed by atoms with E-state index in [0.29, 0.717) is 0 Å². The molecule has 0 spiro atoms. The molecule has 5 heteroatoms. The van der Waals surface area contributed by atoms with Crippen LogP contribution in [0.1, 0.15) is 18.4 Å². The van der Waals surface area contributed by atoms with Crippen LogP contribution in [0.4, 0.5) is 0 Å². The molecular weight excluding hydrogens is 280 g/mol. The maximum atomic E-state index is 4.05. The fourth-order valence-electron chi connectivity index (χ4n) is 2.01. The van der Waals surface area contributed by atoms with Gasteiger partial charge in [-0.05, 0) is 28.0 Å². The first-order valence-electron chi connectivity index (χ1n) is 6.12. The lowest BCUT2D eigenvalue weighted by Crippen LogP contribution is -2.23. The smallest absolute Gasteiger partial charge is 0.265 e. The number of hydrogen-bond donors (Lipinski definition) is 0. The van der Waals surface area contributed by atoms with Crippen molar-refractivity contribution in [3.05, 3.63) is 40.8 Å². The van der Waals surface area contributed by atoms with Gasteiger partial charge in [0.25, 0.3) is 4.67 Å². The molecule has 0 radical (unpaired) electrons. The SMILES string of the molecule is c1cc(CSc2cc(=[N+]3CCCC3)ss2)ccn1. The molecule has 0 unspecified atom stereocenters. The van der Waals surface area contributed by atoms with Crippen molar-refractivity contribution in [1.29, 1.82) is 0 Å². The Morgan fingerprint density at radius 1 is 1.17 bits per heavy atom. The second-order valence-electron chi connectivity index (χ2n) is 4.31. The lowest BCUT2D eigenvalue weighted by molar-refractivity contribution is 0.705. The van der Waals surface area contributed by atoms with E-state index in [1.807, 2.05) is 44.8 Å². The van der Waals surface area contributed by atoms with Gasteiger partial charge in [-0.1, -0.05) is 10.3 Å². The number of pyridine rings is 1. The lowest BCUT2D eigenvalue weighted by atomic mass is 10.3. The van der Waals surface area contributed by atoms with Crippen LogP contribution in [0.15, 0.2) is 34.8 Å². The summed E-state index contributed by atoms with van der Waals surface area (Å²) < 4.78 is 5.39. The standard InChI is InChI=1S/C13H15N2S3/c1-2-8-15(7-1)12-9-13(18-17-12)16-10-11-3-5-14-6-4-11/h3-6,9H,1-2,7-8,10H2/q+1. The first-order chi connectivity index (χ1) is 8.92. The summed E-state index contributed by atoms with van der Waals surface area (Å²) in [6.07, 6.45) is 6.43. The van der Waals surface area contributed by atoms with Gasteiger partial charge in [-0.3, -0.25) is 4.98 Å². The third-order valence-corrected chi connectivity index (χ3v) is 7.01. The van der Waals surface area contributed by atoms with Crippen molar-refractivity contribution in [2.24, 2.45) is 0 Å². The molecule has 18 heavy (non-hydrogen) atoms. The van der Waals surface area contributed by atoms with Crippen LogP contribution in [0.2, 0.25) is 0 Å². The summed E-state index contributed by atoms with van der Waals surface area (Å²) in [5, 5.41) is 0. The number of nitrogens with zero attached hydrogens (tertiary/aromatic N) is 2. The molecule has 0 amide bonds. The number of rotatable bonds is 3. The van der Waals surface area contributed by atoms with E-state index in [-0.39, 0.29) is 0 Å². The van der Waals surface area contributed by atoms with Crippen molar-refractivity contribution < 1.29 is 0 Å². The maximum Gasteiger partial charge on any atom is 0.268 e. The Balaban J connectivity index is 1.69. The second-order valence-corrected chi connectivity index (χ2v) is 7.77. The van der Waals surface area contributed by atoms with Crippen LogP contribution in [-0.2, 0) is 5.75 Å². The van der Waals surface area contributed by atoms with Crippen LogP contribution >= 0.6 is 32.4 Å². The molecule has 94 valence electrons. The van der Waals surface area contributed by atoms with Gasteiger partial charge in [-0.2, -0.15) is 0 Å². The number of hydrogen-bond acceptors (Lipinski definition) is 4. The monoisotopic (exact) mass is 295 g/mol. The molecule has 1 aliphatic rings. The predicted octanol–water partition coefficient (Wildman–Crippen LogP) is 3.06. The van der Waals surface area contributed by atoms with Crippen molar-refractivity contribution in [3.8, 4) is 0 Å². The summed E-state index contributed by atoms with van der Waals surface area (Å²) in [5.41, 5.74) is 1.34. The Morgan fingerprint density at radius 2 is 1.94 bits per heavy atom. The third kappa shape index (κ3) is 3.02. The Bertz CT molecular complexity index is 563. The quantitative estimate of drug-likeness (QED) is 0.491. The van der Waals surface area contributed by atoms with Crippen LogP contribution in [0.3, 0.4) is 0 Å². The summed E-state index contributed by atoms with van der Waals surface area (Å²) in [7, 11) is 3.82. The summed E-state index contributed by atoms with van der Waals surface area (Å²) in [4.78, 5) is 4.05. The summed E-state index contributed by atoms with van der Waals surface area (Å²) in [6.45, 7) is 2.48. The summed E-state index contributed by atoms with van der Waals surface area (Å²) >= 11 is 1.93. The molecule has 1 saturated heterocycles. The van der Waals surface area contributed by atoms with Crippen LogP contribution < -0.4 is 9.25 Å². The highest BCUT2D eigenvalue weighted by molar-refractivity contribution is 8.02. The minimum atomic E-state index is 1.04. The van der Waals surface area contributed by atoms with Gasteiger partial charge in [-0.15, -0.1) is 11.8 Å². The molecule has 3 heterocycles. The third-order valence-electron chi connectivity index (χ3n) is 3.00. The highest BCUT2D eigenvalue weighted by atomic mass is 32.9. The molecule has 2 nitrogen and oxygen atoms in total.